The van der Waals surface area contributed by atoms with E-state index in [0.717, 1.165) is 37.9 Å². The number of hydrogen-bond donors (Lipinski definition) is 1. The second-order valence-corrected chi connectivity index (χ2v) is 3.93. The third-order valence-electron chi connectivity index (χ3n) is 2.53. The maximum Gasteiger partial charge on any atom is 0.271 e. The molecule has 0 aliphatic carbocycles. The molecule has 1 aromatic heterocycles. The molecule has 1 amide bonds. The van der Waals surface area contributed by atoms with Gasteiger partial charge in [-0.15, -0.1) is 5.10 Å². The Morgan fingerprint density at radius 2 is 2.06 bits per heavy atom. The van der Waals surface area contributed by atoms with Crippen molar-refractivity contribution in [2.24, 2.45) is 5.73 Å². The van der Waals surface area contributed by atoms with Crippen molar-refractivity contribution in [1.82, 2.24) is 15.0 Å². The first-order chi connectivity index (χ1) is 7.70. The minimum atomic E-state index is -0.481. The number of nitrogens with zero attached hydrogens (tertiary/aromatic N) is 3. The van der Waals surface area contributed by atoms with E-state index in [-0.39, 0.29) is 0 Å². The van der Waals surface area contributed by atoms with Gasteiger partial charge in [-0.3, -0.25) is 4.79 Å². The molecule has 0 aliphatic rings. The molecule has 1 aromatic rings. The molecule has 5 nitrogen and oxygen atoms in total. The number of rotatable bonds is 7. The molecule has 0 radical (unpaired) electrons. The molecule has 90 valence electrons. The van der Waals surface area contributed by atoms with Crippen molar-refractivity contribution in [3.8, 4) is 0 Å². The van der Waals surface area contributed by atoms with Gasteiger partial charge in [-0.2, -0.15) is 0 Å². The molecule has 0 atom stereocenters. The van der Waals surface area contributed by atoms with Crippen LogP contribution in [0.15, 0.2) is 0 Å². The summed E-state index contributed by atoms with van der Waals surface area (Å²) in [6.45, 7) is 5.04. The van der Waals surface area contributed by atoms with Crippen LogP contribution in [-0.2, 0) is 13.0 Å². The number of carbonyl (C=O) groups is 1. The van der Waals surface area contributed by atoms with Crippen LogP contribution in [0.25, 0.3) is 0 Å². The highest BCUT2D eigenvalue weighted by Gasteiger charge is 2.15. The van der Waals surface area contributed by atoms with Gasteiger partial charge in [0.2, 0.25) is 0 Å². The number of primary amides is 1. The zero-order valence-corrected chi connectivity index (χ0v) is 10.1. The number of aryl methyl sites for hydroxylation is 1. The summed E-state index contributed by atoms with van der Waals surface area (Å²) in [6.07, 6.45) is 5.16. The van der Waals surface area contributed by atoms with E-state index in [0.29, 0.717) is 5.69 Å². The summed E-state index contributed by atoms with van der Waals surface area (Å²) in [5.41, 5.74) is 6.47. The molecule has 5 heteroatoms. The quantitative estimate of drug-likeness (QED) is 0.713. The summed E-state index contributed by atoms with van der Waals surface area (Å²) in [4.78, 5) is 11.1. The highest BCUT2D eigenvalue weighted by Crippen LogP contribution is 2.09. The van der Waals surface area contributed by atoms with Crippen LogP contribution in [0.5, 0.6) is 0 Å². The summed E-state index contributed by atoms with van der Waals surface area (Å²) >= 11 is 0. The molecule has 2 N–H and O–H groups in total. The molecule has 1 rings (SSSR count). The Bertz CT molecular complexity index is 346. The Morgan fingerprint density at radius 3 is 2.62 bits per heavy atom. The molecule has 0 unspecified atom stereocenters. The highest BCUT2D eigenvalue weighted by molar-refractivity contribution is 5.91. The van der Waals surface area contributed by atoms with Crippen molar-refractivity contribution in [2.45, 2.75) is 52.5 Å². The van der Waals surface area contributed by atoms with Gasteiger partial charge in [-0.1, -0.05) is 38.3 Å². The van der Waals surface area contributed by atoms with Gasteiger partial charge in [0, 0.05) is 6.54 Å². The van der Waals surface area contributed by atoms with Crippen LogP contribution in [0.2, 0.25) is 0 Å². The van der Waals surface area contributed by atoms with Gasteiger partial charge in [-0.25, -0.2) is 4.68 Å². The fourth-order valence-electron chi connectivity index (χ4n) is 1.70. The average molecular weight is 224 g/mol. The predicted octanol–water partition coefficient (Wildman–Crippen LogP) is 1.52. The Labute approximate surface area is 96.0 Å². The van der Waals surface area contributed by atoms with E-state index in [4.69, 9.17) is 5.73 Å². The van der Waals surface area contributed by atoms with E-state index < -0.39 is 5.91 Å². The topological polar surface area (TPSA) is 73.8 Å². The standard InChI is InChI=1S/C11H20N4O/c1-3-5-6-8-15-9(7-4-2)10(11(12)16)13-14-15/h3-8H2,1-2H3,(H2,12,16). The molecule has 0 spiro atoms. The zero-order valence-electron chi connectivity index (χ0n) is 10.1. The molecule has 0 fully saturated rings. The lowest BCUT2D eigenvalue weighted by molar-refractivity contribution is 0.0994. The molecular weight excluding hydrogens is 204 g/mol. The molecule has 0 aliphatic heterocycles. The minimum absolute atomic E-state index is 0.332. The number of aromatic nitrogens is 3. The highest BCUT2D eigenvalue weighted by atomic mass is 16.1. The lowest BCUT2D eigenvalue weighted by Crippen LogP contribution is -2.15. The maximum atomic E-state index is 11.1. The number of nitrogens with two attached hydrogens (primary N) is 1. The van der Waals surface area contributed by atoms with Gasteiger partial charge in [0.1, 0.15) is 0 Å². The molecular formula is C11H20N4O. The maximum absolute atomic E-state index is 11.1. The first kappa shape index (κ1) is 12.7. The Hall–Kier alpha value is -1.39. The summed E-state index contributed by atoms with van der Waals surface area (Å²) in [5, 5.41) is 7.85. The van der Waals surface area contributed by atoms with Gasteiger partial charge in [0.15, 0.2) is 5.69 Å². The van der Waals surface area contributed by atoms with Crippen molar-refractivity contribution in [3.63, 3.8) is 0 Å². The Balaban J connectivity index is 2.78. The van der Waals surface area contributed by atoms with Crippen molar-refractivity contribution in [3.05, 3.63) is 11.4 Å². The lowest BCUT2D eigenvalue weighted by atomic mass is 10.2. The molecule has 0 aromatic carbocycles. The van der Waals surface area contributed by atoms with Gasteiger partial charge in [-0.05, 0) is 12.8 Å². The number of carbonyl (C=O) groups excluding carboxylic acids is 1. The normalized spacial score (nSPS) is 10.6. The molecule has 1 heterocycles. The summed E-state index contributed by atoms with van der Waals surface area (Å²) in [6, 6.07) is 0. The van der Waals surface area contributed by atoms with Crippen LogP contribution in [-0.4, -0.2) is 20.9 Å². The average Bonchev–Trinajstić information content (AvgIpc) is 2.63. The Morgan fingerprint density at radius 1 is 1.31 bits per heavy atom. The van der Waals surface area contributed by atoms with Crippen molar-refractivity contribution < 1.29 is 4.79 Å². The largest absolute Gasteiger partial charge is 0.364 e. The van der Waals surface area contributed by atoms with E-state index >= 15 is 0 Å². The van der Waals surface area contributed by atoms with E-state index in [2.05, 4.69) is 24.2 Å². The number of hydrogen-bond acceptors (Lipinski definition) is 3. The fraction of sp³-hybridized carbons (Fsp3) is 0.727. The summed E-state index contributed by atoms with van der Waals surface area (Å²) < 4.78 is 1.82. The van der Waals surface area contributed by atoms with Gasteiger partial charge < -0.3 is 5.73 Å². The smallest absolute Gasteiger partial charge is 0.271 e. The lowest BCUT2D eigenvalue weighted by Gasteiger charge is -2.05. The van der Waals surface area contributed by atoms with Crippen LogP contribution in [0.3, 0.4) is 0 Å². The second kappa shape index (κ2) is 6.25. The van der Waals surface area contributed by atoms with E-state index in [1.165, 1.54) is 6.42 Å². The van der Waals surface area contributed by atoms with Crippen molar-refractivity contribution in [1.29, 1.82) is 0 Å². The fourth-order valence-corrected chi connectivity index (χ4v) is 1.70. The third kappa shape index (κ3) is 3.05. The zero-order chi connectivity index (χ0) is 12.0. The Kier molecular flexibility index (Phi) is 4.95. The molecule has 0 saturated carbocycles. The van der Waals surface area contributed by atoms with Gasteiger partial charge >= 0.3 is 0 Å². The first-order valence-corrected chi connectivity index (χ1v) is 5.92. The summed E-state index contributed by atoms with van der Waals surface area (Å²) in [7, 11) is 0. The minimum Gasteiger partial charge on any atom is -0.364 e. The monoisotopic (exact) mass is 224 g/mol. The van der Waals surface area contributed by atoms with Gasteiger partial charge in [0.25, 0.3) is 5.91 Å². The number of amides is 1. The molecule has 0 bridgehead atoms. The van der Waals surface area contributed by atoms with E-state index in [1.807, 2.05) is 4.68 Å². The third-order valence-corrected chi connectivity index (χ3v) is 2.53. The SMILES string of the molecule is CCCCCn1nnc(C(N)=O)c1CCC. The van der Waals surface area contributed by atoms with Crippen molar-refractivity contribution in [2.75, 3.05) is 0 Å². The predicted molar refractivity (Wildman–Crippen MR) is 62.1 cm³/mol. The second-order valence-electron chi connectivity index (χ2n) is 3.93. The van der Waals surface area contributed by atoms with Crippen molar-refractivity contribution >= 4 is 5.91 Å². The van der Waals surface area contributed by atoms with E-state index in [9.17, 15) is 4.79 Å². The van der Waals surface area contributed by atoms with Crippen LogP contribution < -0.4 is 5.73 Å². The van der Waals surface area contributed by atoms with Gasteiger partial charge in [0.05, 0.1) is 5.69 Å². The molecule has 16 heavy (non-hydrogen) atoms. The number of unbranched alkanes of at least 4 members (excludes halogenated alkanes) is 2. The van der Waals surface area contributed by atoms with Crippen LogP contribution in [0.1, 0.15) is 55.7 Å². The first-order valence-electron chi connectivity index (χ1n) is 5.92. The van der Waals surface area contributed by atoms with E-state index in [1.54, 1.807) is 0 Å². The van der Waals surface area contributed by atoms with Crippen LogP contribution in [0.4, 0.5) is 0 Å². The van der Waals surface area contributed by atoms with Crippen LogP contribution >= 0.6 is 0 Å². The van der Waals surface area contributed by atoms with Crippen LogP contribution in [0, 0.1) is 0 Å². The summed E-state index contributed by atoms with van der Waals surface area (Å²) in [5.74, 6) is -0.481. The molecule has 0 saturated heterocycles.